The third kappa shape index (κ3) is 7.07. The van der Waals surface area contributed by atoms with Gasteiger partial charge in [0, 0.05) is 22.9 Å². The number of allylic oxidation sites excluding steroid dienone is 2. The van der Waals surface area contributed by atoms with Crippen LogP contribution in [0.1, 0.15) is 88.9 Å². The van der Waals surface area contributed by atoms with Gasteiger partial charge in [0.15, 0.2) is 5.71 Å². The Morgan fingerprint density at radius 2 is 1.07 bits per heavy atom. The minimum atomic E-state index is -1.56. The second-order valence-electron chi connectivity index (χ2n) is 16.9. The van der Waals surface area contributed by atoms with Crippen LogP contribution in [0.3, 0.4) is 0 Å². The number of aromatic nitrogens is 1. The minimum Gasteiger partial charge on any atom is -0.494 e. The molecule has 5 aromatic carbocycles. The maximum Gasteiger partial charge on any atom is 0.847 e. The molecule has 0 aliphatic carbocycles. The van der Waals surface area contributed by atoms with Gasteiger partial charge in [0.25, 0.3) is 0 Å². The summed E-state index contributed by atoms with van der Waals surface area (Å²) in [5.74, 6) is 1.61. The summed E-state index contributed by atoms with van der Waals surface area (Å²) in [6, 6.07) is 46.3. The van der Waals surface area contributed by atoms with Gasteiger partial charge >= 0.3 is 7.26 Å². The van der Waals surface area contributed by atoms with Crippen molar-refractivity contribution in [2.75, 3.05) is 13.2 Å². The summed E-state index contributed by atoms with van der Waals surface area (Å²) in [5.41, 5.74) is 13.5. The smallest absolute Gasteiger partial charge is 0.494 e. The van der Waals surface area contributed by atoms with Crippen LogP contribution in [0.5, 0.6) is 11.5 Å². The third-order valence-corrected chi connectivity index (χ3v) is 11.1. The van der Waals surface area contributed by atoms with Crippen molar-refractivity contribution in [1.82, 2.24) is 4.48 Å². The van der Waals surface area contributed by atoms with Crippen molar-refractivity contribution in [3.05, 3.63) is 179 Å². The summed E-state index contributed by atoms with van der Waals surface area (Å²) in [6.45, 7) is 18.4. The fourth-order valence-electron chi connectivity index (χ4n) is 8.07. The van der Waals surface area contributed by atoms with E-state index in [4.69, 9.17) is 9.47 Å². The van der Waals surface area contributed by atoms with Gasteiger partial charge in [0.1, 0.15) is 11.5 Å². The zero-order valence-corrected chi connectivity index (χ0v) is 34.4. The molecule has 286 valence electrons. The highest BCUT2D eigenvalue weighted by Crippen LogP contribution is 2.48. The minimum absolute atomic E-state index is 0.0176. The third-order valence-electron chi connectivity index (χ3n) is 11.1. The molecule has 0 bridgehead atoms. The molecule has 4 nitrogen and oxygen atoms in total. The van der Waals surface area contributed by atoms with Crippen LogP contribution in [0.2, 0.25) is 0 Å². The molecular weight excluding hydrogens is 702 g/mol. The summed E-state index contributed by atoms with van der Waals surface area (Å²) in [6.07, 6.45) is 2.17. The van der Waals surface area contributed by atoms with Crippen LogP contribution in [0.4, 0.5) is 4.32 Å². The van der Waals surface area contributed by atoms with Gasteiger partial charge in [-0.3, -0.25) is 4.48 Å². The Morgan fingerprint density at radius 1 is 0.579 bits per heavy atom. The van der Waals surface area contributed by atoms with Crippen molar-refractivity contribution < 1.29 is 18.3 Å². The molecule has 57 heavy (non-hydrogen) atoms. The molecule has 0 atom stereocenters. The fourth-order valence-corrected chi connectivity index (χ4v) is 8.07. The summed E-state index contributed by atoms with van der Waals surface area (Å²) < 4.78 is 34.1. The first-order valence-electron chi connectivity index (χ1n) is 20.1. The summed E-state index contributed by atoms with van der Waals surface area (Å²) in [4.78, 5) is 0. The second kappa shape index (κ2) is 14.9. The number of nitrogens with zero attached hydrogens (tertiary/aromatic N) is 2. The molecule has 0 N–H and O–H groups in total. The Morgan fingerprint density at radius 3 is 1.58 bits per heavy atom. The van der Waals surface area contributed by atoms with Crippen LogP contribution in [0, 0.1) is 0 Å². The van der Waals surface area contributed by atoms with E-state index >= 15 is 4.32 Å². The quantitative estimate of drug-likeness (QED) is 0.137. The lowest BCUT2D eigenvalue weighted by Crippen LogP contribution is -2.41. The Labute approximate surface area is 337 Å². The van der Waals surface area contributed by atoms with E-state index in [9.17, 15) is 0 Å². The van der Waals surface area contributed by atoms with E-state index < -0.39 is 7.26 Å². The summed E-state index contributed by atoms with van der Waals surface area (Å²) >= 11 is 0. The SMILES string of the molecule is CCOc1ccc(C2=CC(c3ccc(C(C)(C)C)cc3)=[N+]3B(F)n4c(-c5ccc(C(C)(C)C)cc5)cc(-c5ccc(OCC)cc5)c4C(c4ccccc4)=C23)cc1. The average molecular weight is 754 g/mol. The van der Waals surface area contributed by atoms with Gasteiger partial charge in [-0.25, -0.2) is 8.80 Å². The van der Waals surface area contributed by atoms with E-state index in [-0.39, 0.29) is 10.8 Å². The van der Waals surface area contributed by atoms with E-state index in [0.717, 1.165) is 78.8 Å². The van der Waals surface area contributed by atoms with E-state index in [2.05, 4.69) is 151 Å². The predicted molar refractivity (Wildman–Crippen MR) is 235 cm³/mol. The van der Waals surface area contributed by atoms with E-state index in [0.29, 0.717) is 13.2 Å². The highest BCUT2D eigenvalue weighted by Gasteiger charge is 2.54. The number of rotatable bonds is 9. The zero-order chi connectivity index (χ0) is 40.1. The summed E-state index contributed by atoms with van der Waals surface area (Å²) in [5, 5.41) is 0. The molecule has 0 fully saturated rings. The van der Waals surface area contributed by atoms with Crippen LogP contribution in [0.15, 0.2) is 145 Å². The largest absolute Gasteiger partial charge is 0.847 e. The topological polar surface area (TPSA) is 26.4 Å². The molecule has 0 saturated heterocycles. The number of fused-ring (bicyclic) bond motifs is 2. The number of ether oxygens (including phenoxy) is 2. The number of hydrogen-bond acceptors (Lipinski definition) is 2. The van der Waals surface area contributed by atoms with Crippen molar-refractivity contribution in [1.29, 1.82) is 0 Å². The first-order chi connectivity index (χ1) is 27.4. The molecule has 6 aromatic rings. The molecule has 0 radical (unpaired) electrons. The van der Waals surface area contributed by atoms with Gasteiger partial charge in [-0.1, -0.05) is 133 Å². The zero-order valence-electron chi connectivity index (χ0n) is 34.4. The normalized spacial score (nSPS) is 14.1. The Bertz CT molecular complexity index is 2510. The van der Waals surface area contributed by atoms with Crippen molar-refractivity contribution >= 4 is 24.1 Å². The average Bonchev–Trinajstić information content (AvgIpc) is 3.80. The molecule has 6 heteroatoms. The highest BCUT2D eigenvalue weighted by atomic mass is 19.1. The standard InChI is InChI=1S/C51H51BFN2O2/c1-9-56-41-28-20-34(21-29-41)43-32-45(36-16-24-39(25-17-36)50(3,4)5)54-48(43)47(38-14-12-11-13-15-38)49-44(35-22-30-42(31-23-35)57-10-2)33-46(55(49)52(54)53)37-18-26-40(27-19-37)51(6,7)8/h11-33H,9-10H2,1-8H3/q+1. The molecule has 0 unspecified atom stereocenters. The molecule has 3 heterocycles. The van der Waals surface area contributed by atoms with Crippen molar-refractivity contribution in [2.45, 2.75) is 66.2 Å². The predicted octanol–water partition coefficient (Wildman–Crippen LogP) is 12.4. The maximum atomic E-state index is 18.5. The van der Waals surface area contributed by atoms with Crippen molar-refractivity contribution in [2.24, 2.45) is 0 Å². The molecule has 0 saturated carbocycles. The van der Waals surface area contributed by atoms with E-state index in [1.165, 1.54) is 11.1 Å². The van der Waals surface area contributed by atoms with E-state index in [1.54, 1.807) is 0 Å². The highest BCUT2D eigenvalue weighted by molar-refractivity contribution is 6.46. The van der Waals surface area contributed by atoms with Crippen LogP contribution < -0.4 is 9.47 Å². The second-order valence-corrected chi connectivity index (χ2v) is 16.9. The Balaban J connectivity index is 1.47. The fraction of sp³-hybridized carbons (Fsp3) is 0.235. The van der Waals surface area contributed by atoms with Crippen LogP contribution in [-0.4, -0.2) is 35.1 Å². The summed E-state index contributed by atoms with van der Waals surface area (Å²) in [7, 11) is -1.56. The van der Waals surface area contributed by atoms with Crippen molar-refractivity contribution in [3.8, 4) is 33.9 Å². The van der Waals surface area contributed by atoms with Gasteiger partial charge in [-0.2, -0.15) is 0 Å². The van der Waals surface area contributed by atoms with Gasteiger partial charge in [-0.05, 0) is 101 Å². The van der Waals surface area contributed by atoms with E-state index in [1.807, 2.05) is 53.1 Å². The number of benzene rings is 5. The van der Waals surface area contributed by atoms with Gasteiger partial charge in [0.2, 0.25) is 5.70 Å². The van der Waals surface area contributed by atoms with Gasteiger partial charge in [-0.15, -0.1) is 0 Å². The Kier molecular flexibility index (Phi) is 9.93. The van der Waals surface area contributed by atoms with Gasteiger partial charge < -0.3 is 9.47 Å². The molecular formula is C51H51BFN2O2+. The molecule has 2 aliphatic heterocycles. The van der Waals surface area contributed by atoms with Crippen molar-refractivity contribution in [3.63, 3.8) is 0 Å². The molecule has 0 amide bonds. The van der Waals surface area contributed by atoms with Crippen LogP contribution in [0.25, 0.3) is 33.5 Å². The lowest BCUT2D eigenvalue weighted by molar-refractivity contribution is -0.332. The number of halogens is 1. The molecule has 2 aliphatic rings. The van der Waals surface area contributed by atoms with Crippen LogP contribution >= 0.6 is 0 Å². The monoisotopic (exact) mass is 753 g/mol. The first-order valence-corrected chi connectivity index (χ1v) is 20.1. The lowest BCUT2D eigenvalue weighted by Gasteiger charge is -2.24. The Hall–Kier alpha value is -5.88. The van der Waals surface area contributed by atoms with Gasteiger partial charge in [0.05, 0.1) is 30.1 Å². The molecule has 1 aromatic heterocycles. The maximum absolute atomic E-state index is 18.5. The molecule has 0 spiro atoms. The molecule has 8 rings (SSSR count). The van der Waals surface area contributed by atoms with Crippen LogP contribution in [-0.2, 0) is 10.8 Å². The lowest BCUT2D eigenvalue weighted by atomic mass is 9.84. The first kappa shape index (κ1) is 38.0. The number of hydrogen-bond donors (Lipinski definition) is 0.